The zero-order valence-electron chi connectivity index (χ0n) is 11.5. The molecule has 2 aromatic rings. The summed E-state index contributed by atoms with van der Waals surface area (Å²) < 4.78 is 0. The number of H-pyrrole nitrogens is 1. The van der Waals surface area contributed by atoms with E-state index in [9.17, 15) is 14.9 Å². The number of piperazine rings is 1. The molecular formula is C13H13N5O4. The minimum Gasteiger partial charge on any atom is -0.465 e. The van der Waals surface area contributed by atoms with Gasteiger partial charge in [-0.3, -0.25) is 15.2 Å². The molecule has 2 saturated heterocycles. The van der Waals surface area contributed by atoms with Crippen molar-refractivity contribution >= 4 is 28.5 Å². The van der Waals surface area contributed by atoms with Crippen molar-refractivity contribution in [3.8, 4) is 0 Å². The van der Waals surface area contributed by atoms with Crippen molar-refractivity contribution in [1.82, 2.24) is 15.1 Å². The van der Waals surface area contributed by atoms with Crippen LogP contribution in [0.4, 0.5) is 16.3 Å². The molecule has 22 heavy (non-hydrogen) atoms. The summed E-state index contributed by atoms with van der Waals surface area (Å²) in [5.41, 5.74) is 0.629. The maximum absolute atomic E-state index is 11.1. The van der Waals surface area contributed by atoms with Crippen LogP contribution >= 0.6 is 0 Å². The first kappa shape index (κ1) is 12.9. The van der Waals surface area contributed by atoms with Crippen molar-refractivity contribution in [3.63, 3.8) is 0 Å². The molecular weight excluding hydrogens is 290 g/mol. The first-order valence-corrected chi connectivity index (χ1v) is 6.93. The van der Waals surface area contributed by atoms with E-state index in [1.807, 2.05) is 0 Å². The Hall–Kier alpha value is -2.84. The molecule has 2 bridgehead atoms. The third kappa shape index (κ3) is 1.71. The molecule has 0 spiro atoms. The maximum atomic E-state index is 11.1. The highest BCUT2D eigenvalue weighted by atomic mass is 16.6. The molecule has 2 aliphatic heterocycles. The topological polar surface area (TPSA) is 116 Å². The van der Waals surface area contributed by atoms with E-state index in [0.29, 0.717) is 18.6 Å². The van der Waals surface area contributed by atoms with Crippen LogP contribution in [0, 0.1) is 10.1 Å². The second-order valence-corrected chi connectivity index (χ2v) is 5.66. The largest absolute Gasteiger partial charge is 0.465 e. The number of hydrogen-bond donors (Lipinski definition) is 2. The molecule has 1 amide bonds. The number of aromatic nitrogens is 2. The van der Waals surface area contributed by atoms with Gasteiger partial charge in [0, 0.05) is 30.6 Å². The van der Waals surface area contributed by atoms with Crippen molar-refractivity contribution in [2.45, 2.75) is 18.5 Å². The summed E-state index contributed by atoms with van der Waals surface area (Å²) in [6.07, 6.45) is -0.0807. The van der Waals surface area contributed by atoms with Crippen molar-refractivity contribution in [2.24, 2.45) is 0 Å². The van der Waals surface area contributed by atoms with Crippen LogP contribution in [0.5, 0.6) is 0 Å². The minimum absolute atomic E-state index is 0.00713. The van der Waals surface area contributed by atoms with Crippen LogP contribution in [0.3, 0.4) is 0 Å². The molecule has 0 radical (unpaired) electrons. The number of nitrogens with one attached hydrogen (secondary N) is 1. The Morgan fingerprint density at radius 1 is 1.41 bits per heavy atom. The summed E-state index contributed by atoms with van der Waals surface area (Å²) >= 11 is 0. The summed E-state index contributed by atoms with van der Waals surface area (Å²) in [5.74, 6) is 0.738. The number of rotatable bonds is 2. The SMILES string of the molecule is O=C(O)N1CC2CC1CN2c1n[nH]c2cc([N+](=O)[O-])ccc12. The van der Waals surface area contributed by atoms with E-state index in [2.05, 4.69) is 15.1 Å². The molecule has 3 heterocycles. The number of carboxylic acid groups (broad SMARTS) is 1. The van der Waals surface area contributed by atoms with Gasteiger partial charge in [-0.05, 0) is 12.5 Å². The second kappa shape index (κ2) is 4.33. The predicted molar refractivity (Wildman–Crippen MR) is 77.0 cm³/mol. The minimum atomic E-state index is -0.880. The highest BCUT2D eigenvalue weighted by molar-refractivity contribution is 5.92. The van der Waals surface area contributed by atoms with Crippen LogP contribution in [-0.4, -0.2) is 56.4 Å². The van der Waals surface area contributed by atoms with Crippen LogP contribution < -0.4 is 4.90 Å². The van der Waals surface area contributed by atoms with Gasteiger partial charge in [0.15, 0.2) is 5.82 Å². The molecule has 9 heteroatoms. The lowest BCUT2D eigenvalue weighted by molar-refractivity contribution is -0.384. The Morgan fingerprint density at radius 3 is 2.86 bits per heavy atom. The van der Waals surface area contributed by atoms with Crippen LogP contribution in [0.1, 0.15) is 6.42 Å². The number of nitrogens with zero attached hydrogens (tertiary/aromatic N) is 4. The van der Waals surface area contributed by atoms with Gasteiger partial charge >= 0.3 is 6.09 Å². The third-order valence-corrected chi connectivity index (χ3v) is 4.50. The third-order valence-electron chi connectivity index (χ3n) is 4.50. The van der Waals surface area contributed by atoms with Crippen LogP contribution in [0.2, 0.25) is 0 Å². The van der Waals surface area contributed by atoms with Gasteiger partial charge in [0.05, 0.1) is 22.5 Å². The standard InChI is InChI=1S/C13H13N5O4/c19-13(20)17-6-8-3-9(17)5-16(8)12-10-2-1-7(18(21)22)4-11(10)14-15-12/h1-2,4,8-9H,3,5-6H2,(H,14,15)(H,19,20). The molecule has 2 fully saturated rings. The van der Waals surface area contributed by atoms with Crippen molar-refractivity contribution in [3.05, 3.63) is 28.3 Å². The zero-order chi connectivity index (χ0) is 15.4. The fourth-order valence-corrected chi connectivity index (χ4v) is 3.49. The van der Waals surface area contributed by atoms with Gasteiger partial charge in [0.2, 0.25) is 0 Å². The van der Waals surface area contributed by atoms with Gasteiger partial charge in [0.25, 0.3) is 5.69 Å². The van der Waals surface area contributed by atoms with Crippen molar-refractivity contribution < 1.29 is 14.8 Å². The predicted octanol–water partition coefficient (Wildman–Crippen LogP) is 1.41. The summed E-state index contributed by atoms with van der Waals surface area (Å²) in [6.45, 7) is 1.08. The lowest BCUT2D eigenvalue weighted by Crippen LogP contribution is -2.48. The molecule has 1 aromatic carbocycles. The zero-order valence-corrected chi connectivity index (χ0v) is 11.5. The van der Waals surface area contributed by atoms with Gasteiger partial charge in [-0.15, -0.1) is 0 Å². The van der Waals surface area contributed by atoms with E-state index in [1.54, 1.807) is 6.07 Å². The summed E-state index contributed by atoms with van der Waals surface area (Å²) in [4.78, 5) is 25.1. The molecule has 114 valence electrons. The van der Waals surface area contributed by atoms with Gasteiger partial charge in [-0.2, -0.15) is 5.10 Å². The molecule has 2 aliphatic rings. The number of nitro groups is 1. The van der Waals surface area contributed by atoms with Crippen molar-refractivity contribution in [2.75, 3.05) is 18.0 Å². The number of non-ortho nitro benzene ring substituents is 1. The summed E-state index contributed by atoms with van der Waals surface area (Å²) in [6, 6.07) is 4.71. The summed E-state index contributed by atoms with van der Waals surface area (Å²) in [7, 11) is 0. The molecule has 2 atom stereocenters. The Balaban J connectivity index is 1.66. The number of hydrogen-bond acceptors (Lipinski definition) is 5. The normalized spacial score (nSPS) is 23.5. The van der Waals surface area contributed by atoms with Crippen LogP contribution in [0.25, 0.3) is 10.9 Å². The lowest BCUT2D eigenvalue weighted by atomic mass is 10.2. The van der Waals surface area contributed by atoms with Gasteiger partial charge in [-0.1, -0.05) is 0 Å². The van der Waals surface area contributed by atoms with Gasteiger partial charge in [0.1, 0.15) is 0 Å². The van der Waals surface area contributed by atoms with E-state index < -0.39 is 11.0 Å². The molecule has 4 rings (SSSR count). The van der Waals surface area contributed by atoms with Crippen LogP contribution in [0.15, 0.2) is 18.2 Å². The lowest BCUT2D eigenvalue weighted by Gasteiger charge is -2.32. The fraction of sp³-hybridized carbons (Fsp3) is 0.385. The highest BCUT2D eigenvalue weighted by Crippen LogP contribution is 2.37. The molecule has 1 aromatic heterocycles. The van der Waals surface area contributed by atoms with E-state index in [4.69, 9.17) is 5.11 Å². The number of likely N-dealkylation sites (tertiary alicyclic amines) is 1. The van der Waals surface area contributed by atoms with Crippen molar-refractivity contribution in [1.29, 1.82) is 0 Å². The average molecular weight is 303 g/mol. The van der Waals surface area contributed by atoms with Gasteiger partial charge < -0.3 is 14.9 Å². The number of fused-ring (bicyclic) bond motifs is 3. The van der Waals surface area contributed by atoms with E-state index in [-0.39, 0.29) is 17.8 Å². The molecule has 2 unspecified atom stereocenters. The summed E-state index contributed by atoms with van der Waals surface area (Å²) in [5, 5.41) is 27.9. The smallest absolute Gasteiger partial charge is 0.407 e. The van der Waals surface area contributed by atoms with E-state index >= 15 is 0 Å². The molecule has 9 nitrogen and oxygen atoms in total. The molecule has 2 N–H and O–H groups in total. The highest BCUT2D eigenvalue weighted by Gasteiger charge is 2.46. The maximum Gasteiger partial charge on any atom is 0.407 e. The first-order valence-electron chi connectivity index (χ1n) is 6.93. The van der Waals surface area contributed by atoms with E-state index in [0.717, 1.165) is 17.6 Å². The second-order valence-electron chi connectivity index (χ2n) is 5.66. The van der Waals surface area contributed by atoms with Gasteiger partial charge in [-0.25, -0.2) is 4.79 Å². The Bertz CT molecular complexity index is 788. The number of aromatic amines is 1. The fourth-order valence-electron chi connectivity index (χ4n) is 3.49. The monoisotopic (exact) mass is 303 g/mol. The Kier molecular flexibility index (Phi) is 2.53. The Morgan fingerprint density at radius 2 is 2.23 bits per heavy atom. The van der Waals surface area contributed by atoms with E-state index in [1.165, 1.54) is 17.0 Å². The first-order chi connectivity index (χ1) is 10.5. The molecule has 0 saturated carbocycles. The number of nitro benzene ring substituents is 1. The number of benzene rings is 1. The number of amides is 1. The Labute approximate surface area is 124 Å². The number of anilines is 1. The quantitative estimate of drug-likeness (QED) is 0.640. The average Bonchev–Trinajstić information content (AvgIpc) is 3.18. The number of carbonyl (C=O) groups is 1. The molecule has 0 aliphatic carbocycles. The van der Waals surface area contributed by atoms with Crippen LogP contribution in [-0.2, 0) is 0 Å².